The molecule has 0 amide bonds. The summed E-state index contributed by atoms with van der Waals surface area (Å²) in [4.78, 5) is 0. The Morgan fingerprint density at radius 1 is 0.714 bits per heavy atom. The number of hydrogen-bond donors (Lipinski definition) is 0. The Morgan fingerprint density at radius 3 is 0.714 bits per heavy atom. The van der Waals surface area contributed by atoms with Gasteiger partial charge in [-0.25, -0.2) is 0 Å². The molecule has 0 bridgehead atoms. The van der Waals surface area contributed by atoms with Crippen molar-refractivity contribution in [1.29, 1.82) is 10.5 Å². The van der Waals surface area contributed by atoms with Gasteiger partial charge in [0.25, 0.3) is 0 Å². The zero-order valence-electron chi connectivity index (χ0n) is 3.72. The molecule has 0 heterocycles. The first-order chi connectivity index (χ1) is 2.00. The zero-order chi connectivity index (χ0) is 4.00. The monoisotopic (exact) mass is 472 g/mol. The van der Waals surface area contributed by atoms with Crippen molar-refractivity contribution in [2.24, 2.45) is 0 Å². The molecule has 0 rings (SSSR count). The van der Waals surface area contributed by atoms with E-state index >= 15 is 0 Å². The van der Waals surface area contributed by atoms with Crippen molar-refractivity contribution in [3.05, 3.63) is 13.1 Å². The molecule has 0 aliphatic rings. The van der Waals surface area contributed by atoms with Crippen LogP contribution in [0.5, 0.6) is 0 Å². The normalized spacial score (nSPS) is 0.571. The first-order valence-corrected chi connectivity index (χ1v) is 0.447. The van der Waals surface area contributed by atoms with E-state index in [1.165, 1.54) is 0 Å². The van der Waals surface area contributed by atoms with Gasteiger partial charge in [0.15, 0.2) is 0 Å². The second-order valence-electron chi connectivity index (χ2n) is 0. The fourth-order valence-electron chi connectivity index (χ4n) is 0. The van der Waals surface area contributed by atoms with Crippen molar-refractivity contribution >= 4 is 0 Å². The quantitative estimate of drug-likeness (QED) is 0.372. The zero-order valence-corrected chi connectivity index (χ0v) is 14.7. The van der Waals surface area contributed by atoms with Crippen LogP contribution in [0.2, 0.25) is 0 Å². The Kier molecular flexibility index (Phi) is 2300. The minimum atomic E-state index is 0. The van der Waals surface area contributed by atoms with Crippen LogP contribution < -0.4 is 0 Å². The average Bonchev–Trinajstić information content (AvgIpc) is 1.50. The van der Waals surface area contributed by atoms with Gasteiger partial charge in [0.1, 0.15) is 0 Å². The average molecular weight is 469 g/mol. The molecule has 0 saturated heterocycles. The van der Waals surface area contributed by atoms with Crippen LogP contribution in [-0.4, -0.2) is 0 Å². The summed E-state index contributed by atoms with van der Waals surface area (Å²) in [5.41, 5.74) is 0. The Balaban J connectivity index is -0.00000000267. The van der Waals surface area contributed by atoms with E-state index < -0.39 is 0 Å². The fourth-order valence-corrected chi connectivity index (χ4v) is 0. The van der Waals surface area contributed by atoms with Gasteiger partial charge in [0.05, 0.1) is 0 Å². The molecule has 0 atom stereocenters. The summed E-state index contributed by atoms with van der Waals surface area (Å²) in [5, 5.41) is 12.5. The molecule has 0 aromatic heterocycles. The van der Waals surface area contributed by atoms with E-state index in [-0.39, 0.29) is 60.8 Å². The SMILES string of the molecule is [C-]#N.[C-]#N.[Hg+2].[Hg+2].[O-2]. The molecule has 7 heavy (non-hydrogen) atoms. The van der Waals surface area contributed by atoms with E-state index in [1.54, 1.807) is 0 Å². The summed E-state index contributed by atoms with van der Waals surface area (Å²) in [6.45, 7) is 9.50. The van der Waals surface area contributed by atoms with Gasteiger partial charge in [-0.2, -0.15) is 0 Å². The summed E-state index contributed by atoms with van der Waals surface area (Å²) in [6, 6.07) is 0. The molecule has 0 aliphatic heterocycles. The molecular formula is C2Hg2N2O. The number of nitrogens with zero attached hydrogens (tertiary/aromatic N) is 2. The second-order valence-corrected chi connectivity index (χ2v) is 0. The third-order valence-electron chi connectivity index (χ3n) is 0. The molecule has 0 radical (unpaired) electrons. The summed E-state index contributed by atoms with van der Waals surface area (Å²) in [7, 11) is 0. The van der Waals surface area contributed by atoms with Gasteiger partial charge in [-0.1, -0.05) is 0 Å². The Morgan fingerprint density at radius 2 is 0.714 bits per heavy atom. The molecule has 0 spiro atoms. The van der Waals surface area contributed by atoms with Gasteiger partial charge in [0.2, 0.25) is 0 Å². The van der Waals surface area contributed by atoms with Crippen LogP contribution in [0.25, 0.3) is 0 Å². The van der Waals surface area contributed by atoms with Crippen molar-refractivity contribution in [3.63, 3.8) is 0 Å². The van der Waals surface area contributed by atoms with Gasteiger partial charge in [-0.05, 0) is 0 Å². The molecular weight excluding hydrogens is 469 g/mol. The molecule has 0 aliphatic carbocycles. The van der Waals surface area contributed by atoms with E-state index in [1.807, 2.05) is 0 Å². The molecule has 0 aromatic carbocycles. The Bertz CT molecular complexity index is 29.2. The maximum atomic E-state index is 6.25. The van der Waals surface area contributed by atoms with Crippen molar-refractivity contribution < 1.29 is 60.8 Å². The standard InChI is InChI=1S/2CN.2Hg.O/c2*1-2;;;/q2*-1;2*+2;-2. The molecule has 0 aromatic rings. The molecule has 28 valence electrons. The topological polar surface area (TPSA) is 76.1 Å². The van der Waals surface area contributed by atoms with Crippen molar-refractivity contribution in [2.45, 2.75) is 0 Å². The summed E-state index contributed by atoms with van der Waals surface area (Å²) < 4.78 is 0. The van der Waals surface area contributed by atoms with Crippen molar-refractivity contribution in [2.75, 3.05) is 0 Å². The number of hydrogen-bond acceptors (Lipinski definition) is 2. The first kappa shape index (κ1) is 45.9. The third kappa shape index (κ3) is 240. The van der Waals surface area contributed by atoms with Crippen LogP contribution in [0.4, 0.5) is 0 Å². The molecule has 0 saturated carbocycles. The predicted octanol–water partition coefficient (Wildman–Crippen LogP) is 0.0689. The van der Waals surface area contributed by atoms with Crippen LogP contribution >= 0.6 is 0 Å². The summed E-state index contributed by atoms with van der Waals surface area (Å²) >= 11 is 0. The Hall–Kier alpha value is 0.810. The van der Waals surface area contributed by atoms with Crippen molar-refractivity contribution in [3.8, 4) is 0 Å². The molecule has 0 unspecified atom stereocenters. The molecule has 5 heteroatoms. The summed E-state index contributed by atoms with van der Waals surface area (Å²) in [5.74, 6) is 0. The largest absolute Gasteiger partial charge is 2.00 e. The van der Waals surface area contributed by atoms with Crippen molar-refractivity contribution in [1.82, 2.24) is 0 Å². The maximum Gasteiger partial charge on any atom is 2.00 e. The van der Waals surface area contributed by atoms with E-state index in [0.717, 1.165) is 0 Å². The Labute approximate surface area is 83.6 Å². The minimum absolute atomic E-state index is 0. The molecule has 3 nitrogen and oxygen atoms in total. The van der Waals surface area contributed by atoms with Gasteiger partial charge >= 0.3 is 55.3 Å². The predicted molar refractivity (Wildman–Crippen MR) is 10.6 cm³/mol. The van der Waals surface area contributed by atoms with E-state index in [4.69, 9.17) is 23.7 Å². The van der Waals surface area contributed by atoms with E-state index in [9.17, 15) is 0 Å². The van der Waals surface area contributed by atoms with E-state index in [2.05, 4.69) is 0 Å². The van der Waals surface area contributed by atoms with Gasteiger partial charge in [-0.3, -0.25) is 0 Å². The van der Waals surface area contributed by atoms with Crippen LogP contribution in [-0.2, 0) is 60.8 Å². The summed E-state index contributed by atoms with van der Waals surface area (Å²) in [6.07, 6.45) is 0. The minimum Gasteiger partial charge on any atom is -2.00 e. The third-order valence-corrected chi connectivity index (χ3v) is 0. The van der Waals surface area contributed by atoms with E-state index in [0.29, 0.717) is 0 Å². The van der Waals surface area contributed by atoms with Crippen LogP contribution in [0.1, 0.15) is 0 Å². The van der Waals surface area contributed by atoms with Gasteiger partial charge in [-0.15, -0.1) is 0 Å². The van der Waals surface area contributed by atoms with Gasteiger partial charge in [0, 0.05) is 0 Å². The van der Waals surface area contributed by atoms with Crippen LogP contribution in [0, 0.1) is 23.7 Å². The van der Waals surface area contributed by atoms with Crippen LogP contribution in [0.3, 0.4) is 0 Å². The van der Waals surface area contributed by atoms with Gasteiger partial charge < -0.3 is 29.1 Å². The smallest absolute Gasteiger partial charge is 2.00 e. The fraction of sp³-hybridized carbons (Fsp3) is 0. The first-order valence-electron chi connectivity index (χ1n) is 0.447. The maximum absolute atomic E-state index is 6.25. The molecule has 0 fully saturated rings. The van der Waals surface area contributed by atoms with Crippen LogP contribution in [0.15, 0.2) is 0 Å². The second kappa shape index (κ2) is 350. The molecule has 0 N–H and O–H groups in total. The number of rotatable bonds is 0.